The van der Waals surface area contributed by atoms with Gasteiger partial charge in [0.15, 0.2) is 6.19 Å². The summed E-state index contributed by atoms with van der Waals surface area (Å²) in [5.41, 5.74) is 4.22. The average Bonchev–Trinajstić information content (AvgIpc) is 3.52. The summed E-state index contributed by atoms with van der Waals surface area (Å²) in [5, 5.41) is 27.7. The maximum absolute atomic E-state index is 9.64. The quantitative estimate of drug-likeness (QED) is 0.378. The highest BCUT2D eigenvalue weighted by Crippen LogP contribution is 2.33. The molecule has 1 atom stereocenters. The van der Waals surface area contributed by atoms with Gasteiger partial charge < -0.3 is 14.4 Å². The number of aromatic nitrogens is 6. The second-order valence-electron chi connectivity index (χ2n) is 8.74. The van der Waals surface area contributed by atoms with Crippen LogP contribution < -0.4 is 9.47 Å². The summed E-state index contributed by atoms with van der Waals surface area (Å²) in [5.74, 6) is 1.10. The number of hydrogen-bond donors (Lipinski definition) is 0. The first-order valence-corrected chi connectivity index (χ1v) is 11.7. The largest absolute Gasteiger partial charge is 0.495 e. The molecule has 1 fully saturated rings. The van der Waals surface area contributed by atoms with Gasteiger partial charge in [-0.25, -0.2) is 9.67 Å². The Morgan fingerprint density at radius 2 is 1.92 bits per heavy atom. The Morgan fingerprint density at radius 1 is 1.11 bits per heavy atom. The molecule has 4 aromatic heterocycles. The molecule has 0 spiro atoms. The lowest BCUT2D eigenvalue weighted by molar-refractivity contribution is 0.213. The molecule has 4 aromatic rings. The van der Waals surface area contributed by atoms with Gasteiger partial charge in [0, 0.05) is 36.5 Å². The minimum absolute atomic E-state index is 0.188. The molecule has 36 heavy (non-hydrogen) atoms. The number of hydrogen-bond acceptors (Lipinski definition) is 9. The van der Waals surface area contributed by atoms with Crippen LogP contribution in [-0.2, 0) is 0 Å². The van der Waals surface area contributed by atoms with E-state index in [9.17, 15) is 5.26 Å². The molecule has 0 N–H and O–H groups in total. The zero-order valence-electron chi connectivity index (χ0n) is 20.3. The van der Waals surface area contributed by atoms with E-state index in [-0.39, 0.29) is 12.1 Å². The zero-order valence-corrected chi connectivity index (χ0v) is 20.3. The predicted molar refractivity (Wildman–Crippen MR) is 129 cm³/mol. The predicted octanol–water partition coefficient (Wildman–Crippen LogP) is 3.43. The molecule has 5 rings (SSSR count). The lowest BCUT2D eigenvalue weighted by Gasteiger charge is -2.28. The standard InChI is InChI=1S/C25H25N9O2/c1-16-25(30-31-34(16)20-4-6-32(15-27)7-5-20)18-9-23-29-13-21(11-26)33(23)24(10-18)36-17(2)19-8-22(35-3)14-28-12-19/h8-10,12-14,17,20H,4-7H2,1-3H3. The van der Waals surface area contributed by atoms with Crippen molar-refractivity contribution in [3.05, 3.63) is 53.7 Å². The van der Waals surface area contributed by atoms with E-state index in [1.54, 1.807) is 28.8 Å². The van der Waals surface area contributed by atoms with Gasteiger partial charge in [0.25, 0.3) is 0 Å². The van der Waals surface area contributed by atoms with Gasteiger partial charge in [-0.15, -0.1) is 5.10 Å². The summed E-state index contributed by atoms with van der Waals surface area (Å²) in [7, 11) is 1.59. The van der Waals surface area contributed by atoms with Gasteiger partial charge in [0.1, 0.15) is 35.0 Å². The molecular weight excluding hydrogens is 458 g/mol. The molecule has 0 saturated carbocycles. The van der Waals surface area contributed by atoms with Gasteiger partial charge in [-0.3, -0.25) is 9.38 Å². The monoisotopic (exact) mass is 483 g/mol. The summed E-state index contributed by atoms with van der Waals surface area (Å²) in [4.78, 5) is 10.4. The summed E-state index contributed by atoms with van der Waals surface area (Å²) in [6.07, 6.45) is 8.40. The Labute approximate surface area is 208 Å². The molecule has 0 aromatic carbocycles. The van der Waals surface area contributed by atoms with Crippen molar-refractivity contribution >= 4 is 5.65 Å². The fourth-order valence-corrected chi connectivity index (χ4v) is 4.56. The first kappa shape index (κ1) is 23.1. The maximum atomic E-state index is 9.64. The molecule has 5 heterocycles. The van der Waals surface area contributed by atoms with Gasteiger partial charge in [0.05, 0.1) is 31.2 Å². The molecule has 1 aliphatic heterocycles. The Balaban J connectivity index is 1.51. The first-order chi connectivity index (χ1) is 17.5. The van der Waals surface area contributed by atoms with Crippen molar-refractivity contribution < 1.29 is 9.47 Å². The van der Waals surface area contributed by atoms with Crippen LogP contribution in [0.25, 0.3) is 16.9 Å². The number of piperidine rings is 1. The van der Waals surface area contributed by atoms with Crippen LogP contribution in [0.4, 0.5) is 0 Å². The number of ether oxygens (including phenoxy) is 2. The molecule has 11 nitrogen and oxygen atoms in total. The molecule has 0 aliphatic carbocycles. The van der Waals surface area contributed by atoms with E-state index in [0.29, 0.717) is 36.1 Å². The van der Waals surface area contributed by atoms with Gasteiger partial charge in [-0.05, 0) is 38.8 Å². The number of pyridine rings is 2. The molecular formula is C25H25N9O2. The van der Waals surface area contributed by atoms with Crippen LogP contribution in [0.5, 0.6) is 11.6 Å². The summed E-state index contributed by atoms with van der Waals surface area (Å²) < 4.78 is 15.3. The summed E-state index contributed by atoms with van der Waals surface area (Å²) >= 11 is 0. The van der Waals surface area contributed by atoms with E-state index in [4.69, 9.17) is 14.7 Å². The SMILES string of the molecule is COc1cncc(C(C)Oc2cc(-c3nnn(C4CCN(C#N)CC4)c3C)cc3ncc(C#N)n23)c1. The third kappa shape index (κ3) is 4.16. The van der Waals surface area contributed by atoms with E-state index in [1.807, 2.05) is 36.7 Å². The Hall–Kier alpha value is -4.64. The molecule has 0 bridgehead atoms. The minimum atomic E-state index is -0.373. The Bertz CT molecular complexity index is 1490. The number of imidazole rings is 1. The van der Waals surface area contributed by atoms with Crippen LogP contribution in [0.2, 0.25) is 0 Å². The average molecular weight is 484 g/mol. The molecule has 1 unspecified atom stereocenters. The second-order valence-corrected chi connectivity index (χ2v) is 8.74. The van der Waals surface area contributed by atoms with Crippen molar-refractivity contribution in [2.45, 2.75) is 38.8 Å². The highest BCUT2D eigenvalue weighted by atomic mass is 16.5. The Morgan fingerprint density at radius 3 is 2.64 bits per heavy atom. The van der Waals surface area contributed by atoms with Crippen LogP contribution >= 0.6 is 0 Å². The molecule has 11 heteroatoms. The third-order valence-electron chi connectivity index (χ3n) is 6.58. The van der Waals surface area contributed by atoms with E-state index in [2.05, 4.69) is 32.5 Å². The van der Waals surface area contributed by atoms with Gasteiger partial charge in [-0.2, -0.15) is 10.5 Å². The van der Waals surface area contributed by atoms with E-state index in [1.165, 1.54) is 6.20 Å². The van der Waals surface area contributed by atoms with E-state index in [0.717, 1.165) is 35.4 Å². The topological polar surface area (TPSA) is 130 Å². The molecule has 0 amide bonds. The summed E-state index contributed by atoms with van der Waals surface area (Å²) in [6, 6.07) is 7.97. The van der Waals surface area contributed by atoms with Gasteiger partial charge in [-0.1, -0.05) is 5.21 Å². The third-order valence-corrected chi connectivity index (χ3v) is 6.58. The van der Waals surface area contributed by atoms with E-state index < -0.39 is 0 Å². The van der Waals surface area contributed by atoms with Gasteiger partial charge >= 0.3 is 0 Å². The van der Waals surface area contributed by atoms with Gasteiger partial charge in [0.2, 0.25) is 5.88 Å². The van der Waals surface area contributed by atoms with Crippen molar-refractivity contribution in [1.82, 2.24) is 34.3 Å². The second kappa shape index (κ2) is 9.55. The highest BCUT2D eigenvalue weighted by Gasteiger charge is 2.25. The first-order valence-electron chi connectivity index (χ1n) is 11.7. The minimum Gasteiger partial charge on any atom is -0.495 e. The maximum Gasteiger partial charge on any atom is 0.201 e. The smallest absolute Gasteiger partial charge is 0.201 e. The van der Waals surface area contributed by atoms with Crippen LogP contribution in [0.3, 0.4) is 0 Å². The van der Waals surface area contributed by atoms with Crippen LogP contribution in [-0.4, -0.2) is 54.5 Å². The van der Waals surface area contributed by atoms with Crippen LogP contribution in [0, 0.1) is 29.7 Å². The highest BCUT2D eigenvalue weighted by molar-refractivity contribution is 5.68. The van der Waals surface area contributed by atoms with Crippen molar-refractivity contribution in [2.75, 3.05) is 20.2 Å². The molecule has 182 valence electrons. The lowest BCUT2D eigenvalue weighted by atomic mass is 10.0. The molecule has 1 aliphatic rings. The number of likely N-dealkylation sites (tertiary alicyclic amines) is 1. The number of rotatable bonds is 6. The van der Waals surface area contributed by atoms with Crippen molar-refractivity contribution in [2.24, 2.45) is 0 Å². The number of nitriles is 2. The van der Waals surface area contributed by atoms with Crippen LogP contribution in [0.1, 0.15) is 48.9 Å². The fraction of sp³-hybridized carbons (Fsp3) is 0.360. The fourth-order valence-electron chi connectivity index (χ4n) is 4.56. The van der Waals surface area contributed by atoms with Crippen LogP contribution in [0.15, 0.2) is 36.8 Å². The summed E-state index contributed by atoms with van der Waals surface area (Å²) in [6.45, 7) is 5.32. The molecule has 0 radical (unpaired) electrons. The lowest BCUT2D eigenvalue weighted by Crippen LogP contribution is -2.31. The number of methoxy groups -OCH3 is 1. The van der Waals surface area contributed by atoms with Crippen molar-refractivity contribution in [1.29, 1.82) is 10.5 Å². The van der Waals surface area contributed by atoms with Crippen molar-refractivity contribution in [3.63, 3.8) is 0 Å². The van der Waals surface area contributed by atoms with Crippen molar-refractivity contribution in [3.8, 4) is 35.1 Å². The normalized spacial score (nSPS) is 14.9. The zero-order chi connectivity index (χ0) is 25.2. The number of fused-ring (bicyclic) bond motifs is 1. The van der Waals surface area contributed by atoms with E-state index >= 15 is 0 Å². The number of nitrogens with zero attached hydrogens (tertiary/aromatic N) is 9. The molecule has 1 saturated heterocycles. The Kier molecular flexibility index (Phi) is 6.13.